The van der Waals surface area contributed by atoms with Crippen LogP contribution in [0.1, 0.15) is 50.2 Å². The predicted molar refractivity (Wildman–Crippen MR) is 76.9 cm³/mol. The second kappa shape index (κ2) is 4.58. The molecule has 1 aromatic carbocycles. The summed E-state index contributed by atoms with van der Waals surface area (Å²) in [6.45, 7) is 2.18. The van der Waals surface area contributed by atoms with Crippen LogP contribution in [0, 0.1) is 0 Å². The molecule has 1 aromatic rings. The number of hydrogen-bond donors (Lipinski definition) is 2. The lowest BCUT2D eigenvalue weighted by molar-refractivity contribution is 0.305. The molecule has 3 rings (SSSR count). The minimum atomic E-state index is 0.0656. The quantitative estimate of drug-likeness (QED) is 0.838. The third-order valence-corrected chi connectivity index (χ3v) is 4.60. The Hall–Kier alpha value is -1.02. The average molecular weight is 244 g/mol. The minimum absolute atomic E-state index is 0.0656. The first-order valence-electron chi connectivity index (χ1n) is 7.30. The molecular formula is C16H24N2. The summed E-state index contributed by atoms with van der Waals surface area (Å²) < 4.78 is 0. The molecule has 2 aliphatic carbocycles. The van der Waals surface area contributed by atoms with Gasteiger partial charge in [-0.15, -0.1) is 0 Å². The number of nitrogens with one attached hydrogen (secondary N) is 1. The Kier molecular flexibility index (Phi) is 3.06. The van der Waals surface area contributed by atoms with Crippen molar-refractivity contribution < 1.29 is 0 Å². The van der Waals surface area contributed by atoms with Crippen molar-refractivity contribution in [3.05, 3.63) is 29.3 Å². The van der Waals surface area contributed by atoms with Gasteiger partial charge in [0, 0.05) is 17.3 Å². The summed E-state index contributed by atoms with van der Waals surface area (Å²) in [6.07, 6.45) is 8.52. The Balaban J connectivity index is 1.63. The van der Waals surface area contributed by atoms with Crippen molar-refractivity contribution in [3.63, 3.8) is 0 Å². The monoisotopic (exact) mass is 244 g/mol. The summed E-state index contributed by atoms with van der Waals surface area (Å²) in [7, 11) is 0. The van der Waals surface area contributed by atoms with Gasteiger partial charge in [0.15, 0.2) is 0 Å². The Labute approximate surface area is 110 Å². The molecule has 0 aromatic heterocycles. The highest BCUT2D eigenvalue weighted by Gasteiger charge is 2.27. The standard InChI is InChI=1S/C16H24N2/c1-16(17)9-7-14(8-10-16)18-15-6-5-12-3-2-4-13(12)11-15/h5-6,11,14,18H,2-4,7-10,17H2,1H3. The summed E-state index contributed by atoms with van der Waals surface area (Å²) in [6, 6.07) is 7.53. The Morgan fingerprint density at radius 1 is 1.17 bits per heavy atom. The zero-order chi connectivity index (χ0) is 12.6. The van der Waals surface area contributed by atoms with Crippen molar-refractivity contribution in [2.75, 3.05) is 5.32 Å². The van der Waals surface area contributed by atoms with Crippen molar-refractivity contribution in [2.24, 2.45) is 5.73 Å². The highest BCUT2D eigenvalue weighted by Crippen LogP contribution is 2.29. The largest absolute Gasteiger partial charge is 0.382 e. The van der Waals surface area contributed by atoms with Gasteiger partial charge >= 0.3 is 0 Å². The van der Waals surface area contributed by atoms with Crippen LogP contribution in [0.3, 0.4) is 0 Å². The molecule has 2 aliphatic rings. The van der Waals surface area contributed by atoms with E-state index < -0.39 is 0 Å². The maximum absolute atomic E-state index is 6.18. The predicted octanol–water partition coefficient (Wildman–Crippen LogP) is 3.25. The van der Waals surface area contributed by atoms with Crippen molar-refractivity contribution in [2.45, 2.75) is 63.5 Å². The van der Waals surface area contributed by atoms with Crippen LogP contribution in [-0.4, -0.2) is 11.6 Å². The van der Waals surface area contributed by atoms with E-state index >= 15 is 0 Å². The molecule has 18 heavy (non-hydrogen) atoms. The van der Waals surface area contributed by atoms with E-state index in [4.69, 9.17) is 5.73 Å². The normalized spacial score (nSPS) is 31.1. The second-order valence-corrected chi connectivity index (χ2v) is 6.41. The smallest absolute Gasteiger partial charge is 0.0345 e. The lowest BCUT2D eigenvalue weighted by Crippen LogP contribution is -2.42. The Bertz CT molecular complexity index is 427. The fraction of sp³-hybridized carbons (Fsp3) is 0.625. The van der Waals surface area contributed by atoms with Crippen LogP contribution in [0.5, 0.6) is 0 Å². The van der Waals surface area contributed by atoms with E-state index in [1.54, 1.807) is 11.1 Å². The molecule has 0 unspecified atom stereocenters. The molecule has 0 aliphatic heterocycles. The van der Waals surface area contributed by atoms with Crippen LogP contribution in [0.4, 0.5) is 5.69 Å². The highest BCUT2D eigenvalue weighted by atomic mass is 14.9. The molecule has 98 valence electrons. The minimum Gasteiger partial charge on any atom is -0.382 e. The number of hydrogen-bond acceptors (Lipinski definition) is 2. The van der Waals surface area contributed by atoms with Gasteiger partial charge in [-0.1, -0.05) is 6.07 Å². The van der Waals surface area contributed by atoms with E-state index in [0.29, 0.717) is 6.04 Å². The fourth-order valence-electron chi connectivity index (χ4n) is 3.32. The molecule has 1 fully saturated rings. The van der Waals surface area contributed by atoms with Crippen LogP contribution >= 0.6 is 0 Å². The van der Waals surface area contributed by atoms with Crippen molar-refractivity contribution in [1.29, 1.82) is 0 Å². The molecule has 0 atom stereocenters. The van der Waals surface area contributed by atoms with Crippen molar-refractivity contribution in [3.8, 4) is 0 Å². The first-order chi connectivity index (χ1) is 8.62. The summed E-state index contributed by atoms with van der Waals surface area (Å²) in [5.41, 5.74) is 10.7. The van der Waals surface area contributed by atoms with Crippen LogP contribution < -0.4 is 11.1 Å². The molecule has 3 N–H and O–H groups in total. The third-order valence-electron chi connectivity index (χ3n) is 4.60. The summed E-state index contributed by atoms with van der Waals surface area (Å²) in [5.74, 6) is 0. The number of rotatable bonds is 2. The Morgan fingerprint density at radius 3 is 2.67 bits per heavy atom. The van der Waals surface area contributed by atoms with Gasteiger partial charge in [0.1, 0.15) is 0 Å². The molecule has 2 nitrogen and oxygen atoms in total. The molecule has 0 bridgehead atoms. The highest BCUT2D eigenvalue weighted by molar-refractivity contribution is 5.50. The molecule has 0 radical (unpaired) electrons. The molecule has 0 spiro atoms. The lowest BCUT2D eigenvalue weighted by atomic mass is 9.81. The molecule has 0 amide bonds. The van der Waals surface area contributed by atoms with Gasteiger partial charge in [-0.3, -0.25) is 0 Å². The fourth-order valence-corrected chi connectivity index (χ4v) is 3.32. The summed E-state index contributed by atoms with van der Waals surface area (Å²) in [4.78, 5) is 0. The van der Waals surface area contributed by atoms with Crippen LogP contribution in [0.15, 0.2) is 18.2 Å². The number of anilines is 1. The van der Waals surface area contributed by atoms with Gasteiger partial charge in [0.05, 0.1) is 0 Å². The van der Waals surface area contributed by atoms with Crippen LogP contribution in [0.2, 0.25) is 0 Å². The van der Waals surface area contributed by atoms with E-state index in [2.05, 4.69) is 30.4 Å². The van der Waals surface area contributed by atoms with E-state index in [1.165, 1.54) is 37.8 Å². The Morgan fingerprint density at radius 2 is 1.89 bits per heavy atom. The van der Waals surface area contributed by atoms with E-state index in [-0.39, 0.29) is 5.54 Å². The molecule has 0 heterocycles. The molecule has 0 saturated heterocycles. The number of nitrogens with two attached hydrogens (primary N) is 1. The first kappa shape index (κ1) is 12.0. The van der Waals surface area contributed by atoms with Crippen LogP contribution in [-0.2, 0) is 12.8 Å². The van der Waals surface area contributed by atoms with Gasteiger partial charge in [0.25, 0.3) is 0 Å². The van der Waals surface area contributed by atoms with E-state index in [0.717, 1.165) is 12.8 Å². The number of fused-ring (bicyclic) bond motifs is 1. The maximum atomic E-state index is 6.18. The van der Waals surface area contributed by atoms with Crippen molar-refractivity contribution >= 4 is 5.69 Å². The van der Waals surface area contributed by atoms with Gasteiger partial charge in [0.2, 0.25) is 0 Å². The van der Waals surface area contributed by atoms with E-state index in [9.17, 15) is 0 Å². The van der Waals surface area contributed by atoms with Gasteiger partial charge in [-0.05, 0) is 75.1 Å². The zero-order valence-corrected chi connectivity index (χ0v) is 11.3. The lowest BCUT2D eigenvalue weighted by Gasteiger charge is -2.35. The number of aryl methyl sites for hydroxylation is 2. The van der Waals surface area contributed by atoms with Gasteiger partial charge in [-0.2, -0.15) is 0 Å². The molecule has 1 saturated carbocycles. The SMILES string of the molecule is CC1(N)CCC(Nc2ccc3c(c2)CCC3)CC1. The molecule has 2 heteroatoms. The summed E-state index contributed by atoms with van der Waals surface area (Å²) in [5, 5.41) is 3.69. The van der Waals surface area contributed by atoms with Gasteiger partial charge < -0.3 is 11.1 Å². The summed E-state index contributed by atoms with van der Waals surface area (Å²) >= 11 is 0. The topological polar surface area (TPSA) is 38.0 Å². The number of benzene rings is 1. The van der Waals surface area contributed by atoms with Crippen LogP contribution in [0.25, 0.3) is 0 Å². The maximum Gasteiger partial charge on any atom is 0.0345 e. The first-order valence-corrected chi connectivity index (χ1v) is 7.30. The second-order valence-electron chi connectivity index (χ2n) is 6.41. The van der Waals surface area contributed by atoms with E-state index in [1.807, 2.05) is 0 Å². The average Bonchev–Trinajstić information content (AvgIpc) is 2.79. The molecular weight excluding hydrogens is 220 g/mol. The third kappa shape index (κ3) is 2.54. The zero-order valence-electron chi connectivity index (χ0n) is 11.3. The van der Waals surface area contributed by atoms with Crippen molar-refractivity contribution in [1.82, 2.24) is 0 Å². The van der Waals surface area contributed by atoms with Gasteiger partial charge in [-0.25, -0.2) is 0 Å².